The minimum Gasteiger partial charge on any atom is -0.508 e. The molecule has 1 aromatic rings. The minimum atomic E-state index is -1.08. The Morgan fingerprint density at radius 2 is 2.11 bits per heavy atom. The molecule has 0 amide bonds. The molecule has 3 rings (SSSR count). The maximum Gasteiger partial charge on any atom is 0.339 e. The number of hydrogen-bond donors (Lipinski definition) is 3. The van der Waals surface area contributed by atoms with Gasteiger partial charge in [-0.3, -0.25) is 0 Å². The van der Waals surface area contributed by atoms with Crippen molar-refractivity contribution in [3.63, 3.8) is 0 Å². The van der Waals surface area contributed by atoms with Gasteiger partial charge in [-0.2, -0.15) is 0 Å². The van der Waals surface area contributed by atoms with Gasteiger partial charge in [0.15, 0.2) is 0 Å². The SMILES string of the molecule is C=C(C)C1CCC(C)(O)C2Oc3c(C(=O)O)c(CCCCC)cc(O)c3C12. The van der Waals surface area contributed by atoms with Crippen molar-refractivity contribution in [3.05, 3.63) is 34.9 Å². The number of carbonyl (C=O) groups is 1. The van der Waals surface area contributed by atoms with E-state index in [2.05, 4.69) is 13.5 Å². The number of unbranched alkanes of at least 4 members (excludes halogenated alkanes) is 2. The largest absolute Gasteiger partial charge is 0.508 e. The molecule has 27 heavy (non-hydrogen) atoms. The highest BCUT2D eigenvalue weighted by atomic mass is 16.5. The normalized spacial score (nSPS) is 29.0. The van der Waals surface area contributed by atoms with Crippen LogP contribution in [0.5, 0.6) is 11.5 Å². The highest BCUT2D eigenvalue weighted by molar-refractivity contribution is 5.94. The van der Waals surface area contributed by atoms with Gasteiger partial charge in [0.25, 0.3) is 0 Å². The van der Waals surface area contributed by atoms with Crippen LogP contribution in [0.25, 0.3) is 0 Å². The summed E-state index contributed by atoms with van der Waals surface area (Å²) in [7, 11) is 0. The first-order valence-corrected chi connectivity index (χ1v) is 9.85. The van der Waals surface area contributed by atoms with Gasteiger partial charge in [-0.05, 0) is 57.1 Å². The van der Waals surface area contributed by atoms with Crippen molar-refractivity contribution in [1.82, 2.24) is 0 Å². The van der Waals surface area contributed by atoms with Crippen molar-refractivity contribution in [1.29, 1.82) is 0 Å². The third kappa shape index (κ3) is 3.33. The van der Waals surface area contributed by atoms with Crippen molar-refractivity contribution >= 4 is 5.97 Å². The van der Waals surface area contributed by atoms with Crippen LogP contribution < -0.4 is 4.74 Å². The van der Waals surface area contributed by atoms with Crippen LogP contribution in [0.2, 0.25) is 0 Å². The lowest BCUT2D eigenvalue weighted by atomic mass is 9.66. The van der Waals surface area contributed by atoms with E-state index >= 15 is 0 Å². The first kappa shape index (κ1) is 19.7. The molecule has 1 aromatic carbocycles. The smallest absolute Gasteiger partial charge is 0.339 e. The first-order chi connectivity index (χ1) is 12.7. The number of aryl methyl sites for hydroxylation is 1. The van der Waals surface area contributed by atoms with Crippen LogP contribution in [0.3, 0.4) is 0 Å². The molecule has 4 unspecified atom stereocenters. The number of aliphatic hydroxyl groups is 1. The predicted molar refractivity (Wildman–Crippen MR) is 104 cm³/mol. The molecule has 0 saturated heterocycles. The third-order valence-electron chi connectivity index (χ3n) is 6.19. The maximum absolute atomic E-state index is 12.1. The Kier molecular flexibility index (Phi) is 5.26. The van der Waals surface area contributed by atoms with Crippen molar-refractivity contribution in [2.45, 2.75) is 76.9 Å². The summed E-state index contributed by atoms with van der Waals surface area (Å²) >= 11 is 0. The summed E-state index contributed by atoms with van der Waals surface area (Å²) in [6, 6.07) is 1.59. The van der Waals surface area contributed by atoms with Crippen LogP contribution in [0.4, 0.5) is 0 Å². The topological polar surface area (TPSA) is 87.0 Å². The Balaban J connectivity index is 2.14. The van der Waals surface area contributed by atoms with Gasteiger partial charge in [0.2, 0.25) is 0 Å². The second-order valence-electron chi connectivity index (χ2n) is 8.35. The number of aromatic carboxylic acids is 1. The Labute approximate surface area is 160 Å². The fourth-order valence-electron chi connectivity index (χ4n) is 4.75. The van der Waals surface area contributed by atoms with E-state index in [4.69, 9.17) is 4.74 Å². The molecular weight excluding hydrogens is 344 g/mol. The van der Waals surface area contributed by atoms with Crippen LogP contribution >= 0.6 is 0 Å². The summed E-state index contributed by atoms with van der Waals surface area (Å²) in [4.78, 5) is 12.1. The number of phenolic OH excluding ortho intramolecular Hbond substituents is 1. The molecule has 3 N–H and O–H groups in total. The molecule has 0 bridgehead atoms. The second kappa shape index (κ2) is 7.19. The van der Waals surface area contributed by atoms with Crippen LogP contribution in [0.15, 0.2) is 18.2 Å². The average molecular weight is 374 g/mol. The van der Waals surface area contributed by atoms with Gasteiger partial charge in [-0.25, -0.2) is 4.79 Å². The van der Waals surface area contributed by atoms with Crippen LogP contribution in [0, 0.1) is 5.92 Å². The Bertz CT molecular complexity index is 764. The lowest BCUT2D eigenvalue weighted by Gasteiger charge is -2.42. The minimum absolute atomic E-state index is 0.0370. The van der Waals surface area contributed by atoms with Crippen LogP contribution in [-0.4, -0.2) is 33.0 Å². The number of carboxylic acid groups (broad SMARTS) is 1. The number of fused-ring (bicyclic) bond motifs is 3. The molecule has 0 spiro atoms. The maximum atomic E-state index is 12.1. The van der Waals surface area contributed by atoms with Crippen molar-refractivity contribution < 1.29 is 24.9 Å². The lowest BCUT2D eigenvalue weighted by Crippen LogP contribution is -2.50. The molecule has 5 nitrogen and oxygen atoms in total. The first-order valence-electron chi connectivity index (χ1n) is 9.85. The van der Waals surface area contributed by atoms with E-state index in [0.29, 0.717) is 24.0 Å². The van der Waals surface area contributed by atoms with Gasteiger partial charge in [0, 0.05) is 11.5 Å². The van der Waals surface area contributed by atoms with E-state index in [-0.39, 0.29) is 28.9 Å². The van der Waals surface area contributed by atoms with E-state index in [9.17, 15) is 20.1 Å². The number of rotatable bonds is 6. The van der Waals surface area contributed by atoms with E-state index in [0.717, 1.165) is 31.3 Å². The summed E-state index contributed by atoms with van der Waals surface area (Å²) in [6.45, 7) is 9.83. The summed E-state index contributed by atoms with van der Waals surface area (Å²) in [5.74, 6) is -1.00. The monoisotopic (exact) mass is 374 g/mol. The molecule has 5 heteroatoms. The average Bonchev–Trinajstić information content (AvgIpc) is 2.96. The molecule has 1 fully saturated rings. The molecule has 4 atom stereocenters. The Hall–Kier alpha value is -2.01. The molecule has 0 radical (unpaired) electrons. The molecule has 2 aliphatic rings. The number of hydrogen-bond acceptors (Lipinski definition) is 4. The van der Waals surface area contributed by atoms with Gasteiger partial charge in [-0.1, -0.05) is 31.9 Å². The fraction of sp³-hybridized carbons (Fsp3) is 0.591. The van der Waals surface area contributed by atoms with E-state index in [1.54, 1.807) is 13.0 Å². The zero-order valence-electron chi connectivity index (χ0n) is 16.4. The Morgan fingerprint density at radius 1 is 1.41 bits per heavy atom. The molecule has 148 valence electrons. The van der Waals surface area contributed by atoms with Gasteiger partial charge in [0.05, 0.1) is 5.60 Å². The van der Waals surface area contributed by atoms with Crippen LogP contribution in [-0.2, 0) is 6.42 Å². The van der Waals surface area contributed by atoms with Gasteiger partial charge in [0.1, 0.15) is 23.2 Å². The van der Waals surface area contributed by atoms with E-state index in [1.165, 1.54) is 0 Å². The number of ether oxygens (including phenoxy) is 1. The molecular formula is C22H30O5. The molecule has 0 aromatic heterocycles. The highest BCUT2D eigenvalue weighted by Crippen LogP contribution is 2.57. The molecule has 1 aliphatic carbocycles. The van der Waals surface area contributed by atoms with Crippen molar-refractivity contribution in [3.8, 4) is 11.5 Å². The number of allylic oxidation sites excluding steroid dienone is 1. The standard InChI is InChI=1S/C22H30O5/c1-5-6-7-8-13-11-15(23)18-17-14(12(2)3)9-10-22(4,26)20(17)27-19(18)16(13)21(24)25/h11,14,17,20,23,26H,2,5-10H2,1,3-4H3,(H,24,25). The molecule has 1 saturated carbocycles. The fourth-order valence-corrected chi connectivity index (χ4v) is 4.75. The van der Waals surface area contributed by atoms with E-state index < -0.39 is 17.7 Å². The summed E-state index contributed by atoms with van der Waals surface area (Å²) in [6.07, 6.45) is 4.15. The van der Waals surface area contributed by atoms with Crippen molar-refractivity contribution in [2.75, 3.05) is 0 Å². The van der Waals surface area contributed by atoms with E-state index in [1.807, 2.05) is 6.92 Å². The van der Waals surface area contributed by atoms with Gasteiger partial charge in [-0.15, -0.1) is 0 Å². The summed E-state index contributed by atoms with van der Waals surface area (Å²) in [5.41, 5.74) is 1.12. The lowest BCUT2D eigenvalue weighted by molar-refractivity contribution is -0.0826. The Morgan fingerprint density at radius 3 is 2.70 bits per heavy atom. The predicted octanol–water partition coefficient (Wildman–Crippen LogP) is 4.40. The van der Waals surface area contributed by atoms with Crippen molar-refractivity contribution in [2.24, 2.45) is 5.92 Å². The zero-order chi connectivity index (χ0) is 19.9. The highest BCUT2D eigenvalue weighted by Gasteiger charge is 2.54. The second-order valence-corrected chi connectivity index (χ2v) is 8.35. The quantitative estimate of drug-likeness (QED) is 0.507. The molecule has 1 heterocycles. The number of benzene rings is 1. The molecule has 1 aliphatic heterocycles. The summed E-state index contributed by atoms with van der Waals surface area (Å²) < 4.78 is 6.09. The number of phenols is 1. The zero-order valence-corrected chi connectivity index (χ0v) is 16.4. The third-order valence-corrected chi connectivity index (χ3v) is 6.19. The van der Waals surface area contributed by atoms with Crippen LogP contribution in [0.1, 0.15) is 80.3 Å². The van der Waals surface area contributed by atoms with Gasteiger partial charge < -0.3 is 20.1 Å². The summed E-state index contributed by atoms with van der Waals surface area (Å²) in [5, 5.41) is 31.6. The number of aromatic hydroxyl groups is 1. The number of carboxylic acids is 1. The van der Waals surface area contributed by atoms with Gasteiger partial charge >= 0.3 is 5.97 Å².